The Morgan fingerprint density at radius 1 is 1.14 bits per heavy atom. The van der Waals surface area contributed by atoms with Crippen molar-refractivity contribution < 1.29 is 22.7 Å². The first kappa shape index (κ1) is 18.6. The smallest absolute Gasteiger partial charge is 0.264 e. The monoisotopic (exact) mass is 417 g/mol. The molecule has 0 aliphatic carbocycles. The molecule has 0 bridgehead atoms. The summed E-state index contributed by atoms with van der Waals surface area (Å²) in [6.07, 6.45) is 0. The zero-order chi connectivity index (χ0) is 19.9. The summed E-state index contributed by atoms with van der Waals surface area (Å²) >= 11 is 6.13. The predicted octanol–water partition coefficient (Wildman–Crippen LogP) is 3.48. The van der Waals surface area contributed by atoms with Gasteiger partial charge in [0.05, 0.1) is 22.6 Å². The van der Waals surface area contributed by atoms with Gasteiger partial charge in [0.2, 0.25) is 5.91 Å². The Morgan fingerprint density at radius 2 is 1.89 bits per heavy atom. The molecule has 0 unspecified atom stereocenters. The highest BCUT2D eigenvalue weighted by molar-refractivity contribution is 7.90. The first-order chi connectivity index (χ1) is 13.4. The number of rotatable bonds is 4. The highest BCUT2D eigenvalue weighted by Crippen LogP contribution is 2.45. The van der Waals surface area contributed by atoms with Gasteiger partial charge in [-0.05, 0) is 23.6 Å². The fourth-order valence-electron chi connectivity index (χ4n) is 3.35. The molecule has 6 nitrogen and oxygen atoms in total. The Bertz CT molecular complexity index is 1190. The summed E-state index contributed by atoms with van der Waals surface area (Å²) in [7, 11) is -2.62. The van der Waals surface area contributed by atoms with Crippen LogP contribution in [-0.4, -0.2) is 28.0 Å². The van der Waals surface area contributed by atoms with Crippen LogP contribution in [0.2, 0.25) is 5.02 Å². The van der Waals surface area contributed by atoms with Crippen molar-refractivity contribution in [3.63, 3.8) is 0 Å². The molecule has 1 aliphatic rings. The lowest BCUT2D eigenvalue weighted by molar-refractivity contribution is -0.121. The van der Waals surface area contributed by atoms with Gasteiger partial charge < -0.3 is 9.47 Å². The third-order valence-electron chi connectivity index (χ3n) is 4.66. The van der Waals surface area contributed by atoms with E-state index in [4.69, 9.17) is 21.1 Å². The number of carbonyl (C=O) groups excluding carboxylic acids is 1. The van der Waals surface area contributed by atoms with E-state index in [-0.39, 0.29) is 11.5 Å². The van der Waals surface area contributed by atoms with Gasteiger partial charge in [-0.25, -0.2) is 13.1 Å². The predicted molar refractivity (Wildman–Crippen MR) is 106 cm³/mol. The van der Waals surface area contributed by atoms with Crippen LogP contribution in [0.25, 0.3) is 10.8 Å². The van der Waals surface area contributed by atoms with Crippen LogP contribution in [0.15, 0.2) is 59.5 Å². The number of fused-ring (bicyclic) bond motifs is 2. The van der Waals surface area contributed by atoms with E-state index in [0.717, 1.165) is 5.39 Å². The van der Waals surface area contributed by atoms with Crippen LogP contribution in [0.3, 0.4) is 0 Å². The Labute approximate surface area is 167 Å². The molecule has 3 aromatic carbocycles. The van der Waals surface area contributed by atoms with Crippen molar-refractivity contribution in [1.82, 2.24) is 4.72 Å². The molecule has 0 radical (unpaired) electrons. The lowest BCUT2D eigenvalue weighted by Crippen LogP contribution is -2.35. The van der Waals surface area contributed by atoms with Gasteiger partial charge in [0.1, 0.15) is 24.0 Å². The van der Waals surface area contributed by atoms with E-state index >= 15 is 0 Å². The number of benzene rings is 3. The normalized spacial score (nSPS) is 15.7. The number of ether oxygens (including phenoxy) is 2. The van der Waals surface area contributed by atoms with Gasteiger partial charge in [-0.1, -0.05) is 48.0 Å². The molecule has 1 amide bonds. The number of sulfonamides is 1. The van der Waals surface area contributed by atoms with Crippen molar-refractivity contribution in [2.24, 2.45) is 0 Å². The fraction of sp³-hybridized carbons (Fsp3) is 0.150. The number of hydrogen-bond acceptors (Lipinski definition) is 5. The molecule has 4 rings (SSSR count). The Morgan fingerprint density at radius 3 is 2.68 bits per heavy atom. The summed E-state index contributed by atoms with van der Waals surface area (Å²) in [5, 5.41) is 1.64. The molecule has 1 atom stereocenters. The number of methoxy groups -OCH3 is 1. The number of halogens is 1. The van der Waals surface area contributed by atoms with E-state index in [1.54, 1.807) is 30.3 Å². The van der Waals surface area contributed by atoms with Gasteiger partial charge in [0.15, 0.2) is 0 Å². The SMILES string of the molecule is COc1ccc(Cl)c2c1[C@@H](C(=O)NS(=O)(=O)c1cccc3ccccc13)CO2. The summed E-state index contributed by atoms with van der Waals surface area (Å²) in [5.74, 6) is -0.802. The van der Waals surface area contributed by atoms with E-state index < -0.39 is 21.8 Å². The van der Waals surface area contributed by atoms with Crippen LogP contribution >= 0.6 is 11.6 Å². The van der Waals surface area contributed by atoms with Gasteiger partial charge in [-0.2, -0.15) is 0 Å². The third kappa shape index (κ3) is 3.06. The molecule has 0 fully saturated rings. The molecule has 1 heterocycles. The molecule has 1 N–H and O–H groups in total. The molecule has 144 valence electrons. The summed E-state index contributed by atoms with van der Waals surface area (Å²) in [5.41, 5.74) is 0.445. The number of nitrogens with one attached hydrogen (secondary N) is 1. The van der Waals surface area contributed by atoms with Gasteiger partial charge in [-0.3, -0.25) is 4.79 Å². The van der Waals surface area contributed by atoms with E-state index in [0.29, 0.717) is 27.5 Å². The van der Waals surface area contributed by atoms with Gasteiger partial charge in [0, 0.05) is 5.39 Å². The second kappa shape index (κ2) is 7.00. The molecular formula is C20H16ClNO5S. The summed E-state index contributed by atoms with van der Waals surface area (Å²) in [6, 6.07) is 15.2. The van der Waals surface area contributed by atoms with Gasteiger partial charge in [-0.15, -0.1) is 0 Å². The zero-order valence-electron chi connectivity index (χ0n) is 14.8. The standard InChI is InChI=1S/C20H16ClNO5S/c1-26-16-10-9-15(21)19-18(16)14(11-27-19)20(23)22-28(24,25)17-8-4-6-12-5-2-3-7-13(12)17/h2-10,14H,11H2,1H3,(H,22,23)/t14-/m0/s1. The van der Waals surface area contributed by atoms with E-state index in [9.17, 15) is 13.2 Å². The maximum Gasteiger partial charge on any atom is 0.264 e. The van der Waals surface area contributed by atoms with E-state index in [1.807, 2.05) is 18.2 Å². The van der Waals surface area contributed by atoms with Gasteiger partial charge >= 0.3 is 0 Å². The lowest BCUT2D eigenvalue weighted by Gasteiger charge is -2.14. The Hall–Kier alpha value is -2.77. The molecule has 1 aliphatic heterocycles. The summed E-state index contributed by atoms with van der Waals surface area (Å²) in [4.78, 5) is 12.9. The van der Waals surface area contributed by atoms with Crippen LogP contribution in [0.1, 0.15) is 11.5 Å². The van der Waals surface area contributed by atoms with Crippen molar-refractivity contribution in [1.29, 1.82) is 0 Å². The molecule has 8 heteroatoms. The molecule has 0 saturated carbocycles. The van der Waals surface area contributed by atoms with Gasteiger partial charge in [0.25, 0.3) is 10.0 Å². The number of carbonyl (C=O) groups is 1. The summed E-state index contributed by atoms with van der Waals surface area (Å²) in [6.45, 7) is -0.0215. The minimum absolute atomic E-state index is 0.0215. The minimum atomic E-state index is -4.08. The topological polar surface area (TPSA) is 81.7 Å². The number of amides is 1. The number of hydrogen-bond donors (Lipinski definition) is 1. The van der Waals surface area contributed by atoms with Crippen LogP contribution < -0.4 is 14.2 Å². The van der Waals surface area contributed by atoms with Crippen molar-refractivity contribution in [3.05, 3.63) is 65.2 Å². The third-order valence-corrected chi connectivity index (χ3v) is 6.36. The maximum atomic E-state index is 12.9. The second-order valence-corrected chi connectivity index (χ2v) is 8.36. The average Bonchev–Trinajstić information content (AvgIpc) is 3.14. The molecular weight excluding hydrogens is 402 g/mol. The average molecular weight is 418 g/mol. The van der Waals surface area contributed by atoms with E-state index in [2.05, 4.69) is 4.72 Å². The van der Waals surface area contributed by atoms with Crippen molar-refractivity contribution in [3.8, 4) is 11.5 Å². The molecule has 0 saturated heterocycles. The fourth-order valence-corrected chi connectivity index (χ4v) is 4.82. The molecule has 28 heavy (non-hydrogen) atoms. The Kier molecular flexibility index (Phi) is 4.64. The highest BCUT2D eigenvalue weighted by atomic mass is 35.5. The molecule has 0 aromatic heterocycles. The highest BCUT2D eigenvalue weighted by Gasteiger charge is 2.37. The van der Waals surface area contributed by atoms with Crippen molar-refractivity contribution in [2.45, 2.75) is 10.8 Å². The van der Waals surface area contributed by atoms with Crippen LogP contribution in [0.4, 0.5) is 0 Å². The van der Waals surface area contributed by atoms with Crippen molar-refractivity contribution in [2.75, 3.05) is 13.7 Å². The zero-order valence-corrected chi connectivity index (χ0v) is 16.4. The van der Waals surface area contributed by atoms with Crippen LogP contribution in [-0.2, 0) is 14.8 Å². The molecule has 3 aromatic rings. The molecule has 0 spiro atoms. The first-order valence-corrected chi connectivity index (χ1v) is 10.3. The quantitative estimate of drug-likeness (QED) is 0.702. The van der Waals surface area contributed by atoms with Crippen molar-refractivity contribution >= 4 is 38.3 Å². The minimum Gasteiger partial charge on any atom is -0.496 e. The largest absolute Gasteiger partial charge is 0.496 e. The van der Waals surface area contributed by atoms with E-state index in [1.165, 1.54) is 13.2 Å². The van der Waals surface area contributed by atoms with Crippen LogP contribution in [0, 0.1) is 0 Å². The summed E-state index contributed by atoms with van der Waals surface area (Å²) < 4.78 is 38.8. The Balaban J connectivity index is 1.70. The first-order valence-electron chi connectivity index (χ1n) is 8.46. The second-order valence-electron chi connectivity index (χ2n) is 6.30. The van der Waals surface area contributed by atoms with Crippen LogP contribution in [0.5, 0.6) is 11.5 Å². The lowest BCUT2D eigenvalue weighted by atomic mass is 10.00. The maximum absolute atomic E-state index is 12.9.